The summed E-state index contributed by atoms with van der Waals surface area (Å²) in [4.78, 5) is 39.4. The maximum atomic E-state index is 12.8. The Hall–Kier alpha value is -3.42. The summed E-state index contributed by atoms with van der Waals surface area (Å²) in [5.74, 6) is 6.29. The van der Waals surface area contributed by atoms with E-state index in [1.165, 1.54) is 12.6 Å². The highest BCUT2D eigenvalue weighted by Gasteiger charge is 2.24. The van der Waals surface area contributed by atoms with Crippen molar-refractivity contribution in [2.24, 2.45) is 5.92 Å². The molecule has 1 aromatic carbocycles. The molecule has 144 valence electrons. The molecule has 1 aliphatic rings. The lowest BCUT2D eigenvalue weighted by Crippen LogP contribution is -2.36. The average Bonchev–Trinajstić information content (AvgIpc) is 2.64. The zero-order valence-corrected chi connectivity index (χ0v) is 15.2. The van der Waals surface area contributed by atoms with Gasteiger partial charge in [-0.3, -0.25) is 9.78 Å². The first-order valence-corrected chi connectivity index (χ1v) is 9.20. The first-order valence-electron chi connectivity index (χ1n) is 9.20. The highest BCUT2D eigenvalue weighted by molar-refractivity contribution is 5.85. The molecule has 0 atom stereocenters. The third kappa shape index (κ3) is 2.96. The molecule has 3 aromatic rings. The number of aromatic amines is 1. The predicted molar refractivity (Wildman–Crippen MR) is 106 cm³/mol. The molecule has 0 bridgehead atoms. The molecule has 0 radical (unpaired) electrons. The number of H-pyrrole nitrogens is 1. The van der Waals surface area contributed by atoms with E-state index < -0.39 is 16.9 Å². The van der Waals surface area contributed by atoms with Gasteiger partial charge in [0.1, 0.15) is 5.39 Å². The molecular formula is C20H20N4O4. The van der Waals surface area contributed by atoms with Gasteiger partial charge in [-0.15, -0.1) is 0 Å². The van der Waals surface area contributed by atoms with Crippen LogP contribution in [0, 0.1) is 11.3 Å². The standard InChI is InChI=1S/C20H20N4O4/c21-10-12-4-7-13(8-5-12)15-14(9-6-11-2-1-3-11)16-17(25)23-20(27)24(22)18(16)28-19(15)26/h4-5,7-8,10-11,21H,1-3,6,9,22H2,(H,23,25,27). The summed E-state index contributed by atoms with van der Waals surface area (Å²) in [6, 6.07) is 6.88. The van der Waals surface area contributed by atoms with Crippen LogP contribution in [0.15, 0.2) is 43.1 Å². The van der Waals surface area contributed by atoms with Crippen LogP contribution in [0.3, 0.4) is 0 Å². The van der Waals surface area contributed by atoms with E-state index in [0.717, 1.165) is 19.3 Å². The fourth-order valence-corrected chi connectivity index (χ4v) is 3.70. The van der Waals surface area contributed by atoms with Crippen LogP contribution < -0.4 is 22.7 Å². The molecule has 1 saturated carbocycles. The van der Waals surface area contributed by atoms with Gasteiger partial charge in [0.2, 0.25) is 5.71 Å². The van der Waals surface area contributed by atoms with E-state index in [1.807, 2.05) is 0 Å². The average molecular weight is 380 g/mol. The van der Waals surface area contributed by atoms with Crippen LogP contribution in [-0.2, 0) is 6.42 Å². The number of hydrogen-bond donors (Lipinski definition) is 3. The molecule has 8 nitrogen and oxygen atoms in total. The number of benzene rings is 1. The number of aromatic nitrogens is 2. The van der Waals surface area contributed by atoms with Crippen LogP contribution in [0.25, 0.3) is 22.2 Å². The van der Waals surface area contributed by atoms with Crippen molar-refractivity contribution in [1.82, 2.24) is 9.66 Å². The molecule has 1 aliphatic carbocycles. The van der Waals surface area contributed by atoms with Gasteiger partial charge in [-0.2, -0.15) is 4.68 Å². The van der Waals surface area contributed by atoms with E-state index in [4.69, 9.17) is 15.7 Å². The highest BCUT2D eigenvalue weighted by Crippen LogP contribution is 2.33. The second kappa shape index (κ2) is 6.95. The molecule has 0 saturated heterocycles. The number of nitrogens with two attached hydrogens (primary N) is 1. The van der Waals surface area contributed by atoms with Crippen molar-refractivity contribution >= 4 is 17.3 Å². The van der Waals surface area contributed by atoms with Crippen molar-refractivity contribution in [3.05, 3.63) is 66.7 Å². The van der Waals surface area contributed by atoms with Crippen molar-refractivity contribution in [1.29, 1.82) is 5.41 Å². The van der Waals surface area contributed by atoms with Crippen LogP contribution >= 0.6 is 0 Å². The van der Waals surface area contributed by atoms with E-state index in [-0.39, 0.29) is 11.1 Å². The van der Waals surface area contributed by atoms with Crippen LogP contribution in [0.5, 0.6) is 0 Å². The summed E-state index contributed by atoms with van der Waals surface area (Å²) in [5, 5.41) is 7.46. The highest BCUT2D eigenvalue weighted by atomic mass is 16.4. The Morgan fingerprint density at radius 2 is 1.93 bits per heavy atom. The van der Waals surface area contributed by atoms with E-state index in [2.05, 4.69) is 4.98 Å². The number of fused-ring (bicyclic) bond motifs is 1. The lowest BCUT2D eigenvalue weighted by atomic mass is 9.80. The number of nitrogens with zero attached hydrogens (tertiary/aromatic N) is 1. The first-order chi connectivity index (χ1) is 13.5. The van der Waals surface area contributed by atoms with Gasteiger partial charge in [-0.1, -0.05) is 43.5 Å². The van der Waals surface area contributed by atoms with E-state index in [1.54, 1.807) is 24.3 Å². The molecule has 0 amide bonds. The second-order valence-corrected chi connectivity index (χ2v) is 7.15. The minimum absolute atomic E-state index is 0.132. The Morgan fingerprint density at radius 1 is 1.21 bits per heavy atom. The first kappa shape index (κ1) is 18.0. The quantitative estimate of drug-likeness (QED) is 0.458. The SMILES string of the molecule is N=Cc1ccc(-c2c(CCC3CCC3)c3c(=O)[nH]c(=O)n(N)c3oc2=O)cc1. The Kier molecular flexibility index (Phi) is 4.46. The van der Waals surface area contributed by atoms with Crippen LogP contribution in [-0.4, -0.2) is 15.9 Å². The molecule has 0 spiro atoms. The van der Waals surface area contributed by atoms with Gasteiger partial charge in [0.25, 0.3) is 5.56 Å². The van der Waals surface area contributed by atoms with Crippen molar-refractivity contribution in [2.45, 2.75) is 32.1 Å². The Balaban J connectivity index is 1.99. The molecule has 1 fully saturated rings. The molecule has 4 rings (SSSR count). The van der Waals surface area contributed by atoms with E-state index in [0.29, 0.717) is 39.3 Å². The molecule has 8 heteroatoms. The third-order valence-electron chi connectivity index (χ3n) is 5.49. The molecule has 2 heterocycles. The van der Waals surface area contributed by atoms with Gasteiger partial charge in [0, 0.05) is 6.21 Å². The zero-order valence-electron chi connectivity index (χ0n) is 15.2. The second-order valence-electron chi connectivity index (χ2n) is 7.15. The molecule has 4 N–H and O–H groups in total. The fourth-order valence-electron chi connectivity index (χ4n) is 3.70. The number of nitrogens with one attached hydrogen (secondary N) is 2. The third-order valence-corrected chi connectivity index (χ3v) is 5.49. The maximum absolute atomic E-state index is 12.8. The smallest absolute Gasteiger partial charge is 0.349 e. The topological polar surface area (TPSA) is 135 Å². The monoisotopic (exact) mass is 380 g/mol. The molecule has 28 heavy (non-hydrogen) atoms. The summed E-state index contributed by atoms with van der Waals surface area (Å²) in [5.41, 5.74) is -0.198. The van der Waals surface area contributed by atoms with Crippen molar-refractivity contribution in [3.8, 4) is 11.1 Å². The number of rotatable bonds is 5. The largest absolute Gasteiger partial charge is 0.403 e. The van der Waals surface area contributed by atoms with Crippen molar-refractivity contribution in [3.63, 3.8) is 0 Å². The van der Waals surface area contributed by atoms with Crippen LogP contribution in [0.1, 0.15) is 36.8 Å². The summed E-state index contributed by atoms with van der Waals surface area (Å²) in [7, 11) is 0. The minimum Gasteiger partial charge on any atom is -0.403 e. The van der Waals surface area contributed by atoms with Crippen LogP contribution in [0.4, 0.5) is 0 Å². The summed E-state index contributed by atoms with van der Waals surface area (Å²) in [6.07, 6.45) is 6.04. The predicted octanol–water partition coefficient (Wildman–Crippen LogP) is 1.75. The normalized spacial score (nSPS) is 14.1. The lowest BCUT2D eigenvalue weighted by Gasteiger charge is -2.25. The summed E-state index contributed by atoms with van der Waals surface area (Å²) in [6.45, 7) is 0. The van der Waals surface area contributed by atoms with Crippen LogP contribution in [0.2, 0.25) is 0 Å². The molecule has 0 unspecified atom stereocenters. The Labute approximate surface area is 159 Å². The lowest BCUT2D eigenvalue weighted by molar-refractivity contribution is 0.296. The van der Waals surface area contributed by atoms with Crippen molar-refractivity contribution in [2.75, 3.05) is 5.84 Å². The van der Waals surface area contributed by atoms with Gasteiger partial charge < -0.3 is 15.7 Å². The van der Waals surface area contributed by atoms with Gasteiger partial charge in [-0.05, 0) is 35.4 Å². The Morgan fingerprint density at radius 3 is 2.54 bits per heavy atom. The van der Waals surface area contributed by atoms with E-state index in [9.17, 15) is 14.4 Å². The maximum Gasteiger partial charge on any atom is 0.349 e. The Bertz CT molecular complexity index is 1230. The number of hydrogen-bond acceptors (Lipinski definition) is 6. The molecular weight excluding hydrogens is 360 g/mol. The number of nitrogen functional groups attached to an aromatic ring is 1. The minimum atomic E-state index is -0.839. The van der Waals surface area contributed by atoms with Gasteiger partial charge in [-0.25, -0.2) is 9.59 Å². The van der Waals surface area contributed by atoms with Gasteiger partial charge in [0.15, 0.2) is 0 Å². The van der Waals surface area contributed by atoms with Crippen molar-refractivity contribution < 1.29 is 4.42 Å². The molecule has 0 aliphatic heterocycles. The summed E-state index contributed by atoms with van der Waals surface area (Å²) >= 11 is 0. The molecule has 2 aromatic heterocycles. The zero-order chi connectivity index (χ0) is 19.8. The summed E-state index contributed by atoms with van der Waals surface area (Å²) < 4.78 is 5.96. The number of aryl methyl sites for hydroxylation is 1. The van der Waals surface area contributed by atoms with Gasteiger partial charge >= 0.3 is 11.3 Å². The van der Waals surface area contributed by atoms with E-state index >= 15 is 0 Å². The van der Waals surface area contributed by atoms with Gasteiger partial charge in [0.05, 0.1) is 5.56 Å². The fraction of sp³-hybridized carbons (Fsp3) is 0.300.